The highest BCUT2D eigenvalue weighted by Gasteiger charge is 2.48. The fourth-order valence-corrected chi connectivity index (χ4v) is 8.36. The Morgan fingerprint density at radius 3 is 1.52 bits per heavy atom. The van der Waals surface area contributed by atoms with Gasteiger partial charge >= 0.3 is 10.4 Å². The molecule has 0 radical (unpaired) electrons. The summed E-state index contributed by atoms with van der Waals surface area (Å²) in [4.78, 5) is 13.0. The summed E-state index contributed by atoms with van der Waals surface area (Å²) >= 11 is 0. The second kappa shape index (κ2) is 39.0. The molecule has 13 heteroatoms. The van der Waals surface area contributed by atoms with E-state index in [0.717, 1.165) is 57.8 Å². The van der Waals surface area contributed by atoms with E-state index in [2.05, 4.69) is 35.5 Å². The van der Waals surface area contributed by atoms with Gasteiger partial charge in [0.05, 0.1) is 25.4 Å². The number of unbranched alkanes of at least 4 members (excludes halogenated alkanes) is 28. The van der Waals surface area contributed by atoms with E-state index in [1.807, 2.05) is 6.08 Å². The summed E-state index contributed by atoms with van der Waals surface area (Å²) < 4.78 is 47.6. The highest BCUT2D eigenvalue weighted by molar-refractivity contribution is 7.80. The fraction of sp³-hybridized carbons (Fsp3) is 0.896. The molecular weight excluding hydrogens is 799 g/mol. The molecule has 1 rings (SSSR count). The van der Waals surface area contributed by atoms with E-state index < -0.39 is 59.9 Å². The van der Waals surface area contributed by atoms with Crippen LogP contribution in [0.4, 0.5) is 0 Å². The number of nitrogens with one attached hydrogen (secondary N) is 1. The van der Waals surface area contributed by atoms with Crippen molar-refractivity contribution < 1.29 is 51.8 Å². The summed E-state index contributed by atoms with van der Waals surface area (Å²) in [5.74, 6) is -0.273. The molecule has 1 heterocycles. The third kappa shape index (κ3) is 32.0. The van der Waals surface area contributed by atoms with Gasteiger partial charge < -0.3 is 35.2 Å². The van der Waals surface area contributed by atoms with Crippen molar-refractivity contribution in [2.75, 3.05) is 13.2 Å². The highest BCUT2D eigenvalue weighted by atomic mass is 32.3. The molecular formula is C48H91NO11S. The maximum atomic E-state index is 13.0. The molecule has 0 bridgehead atoms. The Hall–Kier alpha value is -1.42. The number of carbonyl (C=O) groups is 1. The zero-order valence-corrected chi connectivity index (χ0v) is 39.3. The first-order valence-corrected chi connectivity index (χ1v) is 26.1. The fourth-order valence-electron chi connectivity index (χ4n) is 7.85. The van der Waals surface area contributed by atoms with Crippen molar-refractivity contribution in [1.29, 1.82) is 0 Å². The molecule has 0 aromatic carbocycles. The van der Waals surface area contributed by atoms with Crippen molar-refractivity contribution in [3.05, 3.63) is 24.3 Å². The summed E-state index contributed by atoms with van der Waals surface area (Å²) in [6.07, 6.45) is 36.6. The Labute approximate surface area is 372 Å². The van der Waals surface area contributed by atoms with Crippen molar-refractivity contribution >= 4 is 16.3 Å². The van der Waals surface area contributed by atoms with Crippen LogP contribution in [0.1, 0.15) is 219 Å². The predicted octanol–water partition coefficient (Wildman–Crippen LogP) is 10.1. The van der Waals surface area contributed by atoms with Crippen LogP contribution in [-0.4, -0.2) is 95.4 Å². The van der Waals surface area contributed by atoms with E-state index in [0.29, 0.717) is 6.42 Å². The van der Waals surface area contributed by atoms with E-state index in [1.54, 1.807) is 6.08 Å². The number of carbonyl (C=O) groups excluding carboxylic acids is 1. The SMILES string of the molecule is CCCC/C=C\CCCCCCCC(=O)NC(COC1OC(CO)C(O)C(OS(=O)(=O)O)C1O)C(O)/C=C/CCCCCCCCCCCCCCCCCCCCCCC. The van der Waals surface area contributed by atoms with Gasteiger partial charge in [-0.2, -0.15) is 8.42 Å². The van der Waals surface area contributed by atoms with Gasteiger partial charge in [0.1, 0.15) is 24.4 Å². The smallest absolute Gasteiger partial charge is 0.394 e. The van der Waals surface area contributed by atoms with Crippen LogP contribution in [-0.2, 0) is 28.9 Å². The predicted molar refractivity (Wildman–Crippen MR) is 245 cm³/mol. The average molecular weight is 890 g/mol. The molecule has 1 amide bonds. The van der Waals surface area contributed by atoms with Crippen molar-refractivity contribution in [2.45, 2.75) is 262 Å². The van der Waals surface area contributed by atoms with Gasteiger partial charge in [0.2, 0.25) is 5.91 Å². The quantitative estimate of drug-likeness (QED) is 0.0194. The maximum absolute atomic E-state index is 13.0. The number of ether oxygens (including phenoxy) is 2. The zero-order valence-electron chi connectivity index (χ0n) is 38.5. The summed E-state index contributed by atoms with van der Waals surface area (Å²) in [6, 6.07) is -0.945. The first-order chi connectivity index (χ1) is 29.5. The Morgan fingerprint density at radius 1 is 0.639 bits per heavy atom. The third-order valence-corrected chi connectivity index (χ3v) is 12.2. The molecule has 0 aromatic rings. The van der Waals surface area contributed by atoms with Crippen molar-refractivity contribution in [2.24, 2.45) is 0 Å². The average Bonchev–Trinajstić information content (AvgIpc) is 3.23. The number of hydrogen-bond donors (Lipinski definition) is 6. The molecule has 1 aliphatic rings. The number of aliphatic hydroxyl groups is 4. The van der Waals surface area contributed by atoms with Crippen LogP contribution in [0.2, 0.25) is 0 Å². The minimum Gasteiger partial charge on any atom is -0.394 e. The first-order valence-electron chi connectivity index (χ1n) is 24.7. The molecule has 1 aliphatic heterocycles. The molecule has 7 atom stereocenters. The maximum Gasteiger partial charge on any atom is 0.397 e. The highest BCUT2D eigenvalue weighted by Crippen LogP contribution is 2.26. The van der Waals surface area contributed by atoms with Gasteiger partial charge in [-0.25, -0.2) is 4.18 Å². The summed E-state index contributed by atoms with van der Waals surface area (Å²) in [5, 5.41) is 44.7. The molecule has 12 nitrogen and oxygen atoms in total. The molecule has 0 spiro atoms. The molecule has 0 aromatic heterocycles. The summed E-state index contributed by atoms with van der Waals surface area (Å²) in [6.45, 7) is 3.35. The molecule has 0 saturated carbocycles. The van der Waals surface area contributed by atoms with E-state index >= 15 is 0 Å². The lowest BCUT2D eigenvalue weighted by molar-refractivity contribution is -0.298. The van der Waals surface area contributed by atoms with Gasteiger partial charge in [-0.1, -0.05) is 199 Å². The topological polar surface area (TPSA) is 192 Å². The van der Waals surface area contributed by atoms with Crippen LogP contribution in [0.15, 0.2) is 24.3 Å². The van der Waals surface area contributed by atoms with E-state index in [9.17, 15) is 38.2 Å². The van der Waals surface area contributed by atoms with Gasteiger partial charge in [-0.3, -0.25) is 9.35 Å². The Morgan fingerprint density at radius 2 is 1.07 bits per heavy atom. The Bertz CT molecular complexity index is 1190. The number of amides is 1. The lowest BCUT2D eigenvalue weighted by Gasteiger charge is -2.41. The number of hydrogen-bond acceptors (Lipinski definition) is 10. The van der Waals surface area contributed by atoms with Gasteiger partial charge in [-0.05, 0) is 38.5 Å². The molecule has 6 N–H and O–H groups in total. The minimum absolute atomic E-state index is 0.259. The summed E-state index contributed by atoms with van der Waals surface area (Å²) in [5.41, 5.74) is 0. The summed E-state index contributed by atoms with van der Waals surface area (Å²) in [7, 11) is -5.08. The number of aliphatic hydroxyl groups excluding tert-OH is 4. The van der Waals surface area contributed by atoms with Crippen molar-refractivity contribution in [3.63, 3.8) is 0 Å². The van der Waals surface area contributed by atoms with Crippen LogP contribution in [0, 0.1) is 0 Å². The van der Waals surface area contributed by atoms with Crippen LogP contribution < -0.4 is 5.32 Å². The zero-order chi connectivity index (χ0) is 44.8. The first kappa shape index (κ1) is 57.6. The normalized spacial score (nSPS) is 20.8. The minimum atomic E-state index is -5.08. The number of rotatable bonds is 42. The second-order valence-corrected chi connectivity index (χ2v) is 18.4. The number of allylic oxidation sites excluding steroid dienone is 3. The van der Waals surface area contributed by atoms with Gasteiger partial charge in [0, 0.05) is 6.42 Å². The van der Waals surface area contributed by atoms with Gasteiger partial charge in [0.25, 0.3) is 0 Å². The van der Waals surface area contributed by atoms with Crippen LogP contribution in [0.5, 0.6) is 0 Å². The third-order valence-electron chi connectivity index (χ3n) is 11.7. The van der Waals surface area contributed by atoms with E-state index in [4.69, 9.17) is 9.47 Å². The molecule has 1 saturated heterocycles. The Kier molecular flexibility index (Phi) is 36.8. The lowest BCUT2D eigenvalue weighted by Crippen LogP contribution is -2.61. The van der Waals surface area contributed by atoms with Crippen molar-refractivity contribution in [3.8, 4) is 0 Å². The molecule has 7 unspecified atom stereocenters. The Balaban J connectivity index is 2.42. The standard InChI is InChI=1S/C48H91NO11S/c1-3-5-7-9-11-13-15-16-17-18-19-20-21-22-23-24-25-26-28-29-31-33-35-37-42(51)41(49-44(52)38-36-34-32-30-27-14-12-10-8-6-4-2)40-58-48-46(54)47(60-61(55,56)57)45(53)43(39-50)59-48/h10,12,35,37,41-43,45-48,50-51,53-54H,3-9,11,13-34,36,38-40H2,1-2H3,(H,49,52)(H,55,56,57)/b12-10-,37-35+. The molecule has 360 valence electrons. The molecule has 61 heavy (non-hydrogen) atoms. The van der Waals surface area contributed by atoms with Crippen LogP contribution in [0.25, 0.3) is 0 Å². The largest absolute Gasteiger partial charge is 0.397 e. The monoisotopic (exact) mass is 890 g/mol. The van der Waals surface area contributed by atoms with Gasteiger partial charge in [0.15, 0.2) is 6.29 Å². The van der Waals surface area contributed by atoms with Gasteiger partial charge in [-0.15, -0.1) is 0 Å². The van der Waals surface area contributed by atoms with Crippen LogP contribution >= 0.6 is 0 Å². The molecule has 1 fully saturated rings. The van der Waals surface area contributed by atoms with E-state index in [-0.39, 0.29) is 18.9 Å². The second-order valence-electron chi connectivity index (χ2n) is 17.4. The lowest BCUT2D eigenvalue weighted by atomic mass is 9.99. The van der Waals surface area contributed by atoms with Crippen molar-refractivity contribution in [1.82, 2.24) is 5.32 Å². The van der Waals surface area contributed by atoms with Crippen LogP contribution in [0.3, 0.4) is 0 Å². The molecule has 0 aliphatic carbocycles. The van der Waals surface area contributed by atoms with E-state index in [1.165, 1.54) is 135 Å².